The number of H-pyrrole nitrogens is 1. The van der Waals surface area contributed by atoms with Gasteiger partial charge in [0.05, 0.1) is 0 Å². The molecule has 76 valence electrons. The van der Waals surface area contributed by atoms with Crippen molar-refractivity contribution in [3.05, 3.63) is 24.0 Å². The summed E-state index contributed by atoms with van der Waals surface area (Å²) >= 11 is 0. The molecule has 0 aliphatic carbocycles. The van der Waals surface area contributed by atoms with Crippen molar-refractivity contribution < 1.29 is 9.59 Å². The van der Waals surface area contributed by atoms with Crippen LogP contribution in [0.4, 0.5) is 0 Å². The van der Waals surface area contributed by atoms with E-state index >= 15 is 0 Å². The Bertz CT molecular complexity index is 301. The van der Waals surface area contributed by atoms with Crippen molar-refractivity contribution in [2.24, 2.45) is 0 Å². The van der Waals surface area contributed by atoms with E-state index in [-0.39, 0.29) is 11.6 Å². The Morgan fingerprint density at radius 2 is 2.07 bits per heavy atom. The van der Waals surface area contributed by atoms with E-state index < -0.39 is 0 Å². The lowest BCUT2D eigenvalue weighted by Crippen LogP contribution is -2.02. The van der Waals surface area contributed by atoms with Crippen LogP contribution in [-0.4, -0.2) is 16.6 Å². The molecule has 0 unspecified atom stereocenters. The van der Waals surface area contributed by atoms with Gasteiger partial charge in [0.15, 0.2) is 0 Å². The number of hydrogen-bond donors (Lipinski definition) is 1. The average Bonchev–Trinajstić information content (AvgIpc) is 2.63. The number of carbonyl (C=O) groups is 2. The lowest BCUT2D eigenvalue weighted by atomic mass is 10.1. The average molecular weight is 193 g/mol. The molecule has 0 aliphatic rings. The van der Waals surface area contributed by atoms with E-state index in [4.69, 9.17) is 0 Å². The highest BCUT2D eigenvalue weighted by Gasteiger charge is 2.04. The first kappa shape index (κ1) is 10.7. The molecule has 1 rings (SSSR count). The summed E-state index contributed by atoms with van der Waals surface area (Å²) in [6.45, 7) is 1.51. The van der Waals surface area contributed by atoms with Gasteiger partial charge in [-0.3, -0.25) is 4.79 Å². The third-order valence-corrected chi connectivity index (χ3v) is 2.11. The van der Waals surface area contributed by atoms with Crippen LogP contribution in [0.3, 0.4) is 0 Å². The number of Topliss-reactive ketones (excluding diaryl/α,β-unsaturated/α-hetero) is 2. The summed E-state index contributed by atoms with van der Waals surface area (Å²) in [7, 11) is 0. The van der Waals surface area contributed by atoms with Crippen LogP contribution in [0.25, 0.3) is 0 Å². The van der Waals surface area contributed by atoms with Crippen molar-refractivity contribution >= 4 is 11.6 Å². The molecule has 0 saturated carbocycles. The maximum atomic E-state index is 11.3. The van der Waals surface area contributed by atoms with Gasteiger partial charge in [0, 0.05) is 31.7 Å². The second-order valence-corrected chi connectivity index (χ2v) is 3.46. The first-order valence-electron chi connectivity index (χ1n) is 4.81. The number of aryl methyl sites for hydroxylation is 1. The van der Waals surface area contributed by atoms with E-state index in [1.807, 2.05) is 18.5 Å². The standard InChI is InChI=1S/C11H15NO2/c1-9(13)2-4-11(14)5-3-10-6-7-12-8-10/h6-8,12H,2-5H2,1H3. The van der Waals surface area contributed by atoms with Gasteiger partial charge in [0.25, 0.3) is 0 Å². The normalized spacial score (nSPS) is 10.1. The molecule has 0 atom stereocenters. The number of rotatable bonds is 6. The first-order chi connectivity index (χ1) is 6.68. The Morgan fingerprint density at radius 1 is 1.29 bits per heavy atom. The first-order valence-corrected chi connectivity index (χ1v) is 4.81. The summed E-state index contributed by atoms with van der Waals surface area (Å²) in [6, 6.07) is 1.96. The predicted octanol–water partition coefficient (Wildman–Crippen LogP) is 1.89. The van der Waals surface area contributed by atoms with E-state index in [2.05, 4.69) is 4.98 Å². The van der Waals surface area contributed by atoms with Crippen LogP contribution in [0.1, 0.15) is 31.7 Å². The topological polar surface area (TPSA) is 49.9 Å². The third-order valence-electron chi connectivity index (χ3n) is 2.11. The van der Waals surface area contributed by atoms with Gasteiger partial charge in [0.2, 0.25) is 0 Å². The van der Waals surface area contributed by atoms with Crippen LogP contribution in [0, 0.1) is 0 Å². The van der Waals surface area contributed by atoms with Crippen LogP contribution in [0.2, 0.25) is 0 Å². The fraction of sp³-hybridized carbons (Fsp3) is 0.455. The highest BCUT2D eigenvalue weighted by Crippen LogP contribution is 2.04. The van der Waals surface area contributed by atoms with Gasteiger partial charge in [-0.1, -0.05) is 0 Å². The lowest BCUT2D eigenvalue weighted by molar-refractivity contribution is -0.123. The largest absolute Gasteiger partial charge is 0.367 e. The summed E-state index contributed by atoms with van der Waals surface area (Å²) in [5.74, 6) is 0.251. The van der Waals surface area contributed by atoms with Crippen molar-refractivity contribution in [2.45, 2.75) is 32.6 Å². The molecule has 0 aromatic carbocycles. The number of aromatic amines is 1. The van der Waals surface area contributed by atoms with Crippen molar-refractivity contribution in [3.8, 4) is 0 Å². The van der Waals surface area contributed by atoms with Gasteiger partial charge in [-0.25, -0.2) is 0 Å². The van der Waals surface area contributed by atoms with Gasteiger partial charge in [-0.15, -0.1) is 0 Å². The van der Waals surface area contributed by atoms with E-state index in [1.54, 1.807) is 0 Å². The highest BCUT2D eigenvalue weighted by molar-refractivity contribution is 5.84. The molecule has 1 N–H and O–H groups in total. The van der Waals surface area contributed by atoms with Crippen molar-refractivity contribution in [1.29, 1.82) is 0 Å². The summed E-state index contributed by atoms with van der Waals surface area (Å²) < 4.78 is 0. The zero-order valence-corrected chi connectivity index (χ0v) is 8.38. The van der Waals surface area contributed by atoms with Crippen LogP contribution in [-0.2, 0) is 16.0 Å². The maximum absolute atomic E-state index is 11.3. The van der Waals surface area contributed by atoms with Gasteiger partial charge < -0.3 is 9.78 Å². The fourth-order valence-electron chi connectivity index (χ4n) is 1.24. The van der Waals surface area contributed by atoms with E-state index in [9.17, 15) is 9.59 Å². The molecule has 1 aromatic heterocycles. The molecule has 3 nitrogen and oxygen atoms in total. The molecule has 0 spiro atoms. The van der Waals surface area contributed by atoms with Crippen LogP contribution < -0.4 is 0 Å². The van der Waals surface area contributed by atoms with E-state index in [0.29, 0.717) is 19.3 Å². The van der Waals surface area contributed by atoms with Gasteiger partial charge >= 0.3 is 0 Å². The van der Waals surface area contributed by atoms with Crippen LogP contribution >= 0.6 is 0 Å². The Hall–Kier alpha value is -1.38. The van der Waals surface area contributed by atoms with Crippen LogP contribution in [0.5, 0.6) is 0 Å². The Morgan fingerprint density at radius 3 is 2.64 bits per heavy atom. The maximum Gasteiger partial charge on any atom is 0.133 e. The molecule has 0 saturated heterocycles. The molecule has 1 aromatic rings. The van der Waals surface area contributed by atoms with Crippen molar-refractivity contribution in [2.75, 3.05) is 0 Å². The van der Waals surface area contributed by atoms with E-state index in [0.717, 1.165) is 12.0 Å². The lowest BCUT2D eigenvalue weighted by Gasteiger charge is -1.97. The molecular weight excluding hydrogens is 178 g/mol. The molecule has 0 amide bonds. The quantitative estimate of drug-likeness (QED) is 0.750. The third kappa shape index (κ3) is 4.03. The molecule has 0 aliphatic heterocycles. The molecule has 0 radical (unpaired) electrons. The Labute approximate surface area is 83.5 Å². The Balaban J connectivity index is 2.18. The van der Waals surface area contributed by atoms with Gasteiger partial charge in [0.1, 0.15) is 11.6 Å². The monoisotopic (exact) mass is 193 g/mol. The van der Waals surface area contributed by atoms with Gasteiger partial charge in [-0.2, -0.15) is 0 Å². The minimum atomic E-state index is 0.0833. The van der Waals surface area contributed by atoms with Crippen molar-refractivity contribution in [3.63, 3.8) is 0 Å². The minimum absolute atomic E-state index is 0.0833. The van der Waals surface area contributed by atoms with E-state index in [1.165, 1.54) is 6.92 Å². The minimum Gasteiger partial charge on any atom is -0.367 e. The second-order valence-electron chi connectivity index (χ2n) is 3.46. The molecule has 0 bridgehead atoms. The molecule has 14 heavy (non-hydrogen) atoms. The zero-order valence-electron chi connectivity index (χ0n) is 8.38. The number of nitrogens with one attached hydrogen (secondary N) is 1. The van der Waals surface area contributed by atoms with Gasteiger partial charge in [-0.05, 0) is 25.0 Å². The number of carbonyl (C=O) groups excluding carboxylic acids is 2. The van der Waals surface area contributed by atoms with Crippen LogP contribution in [0.15, 0.2) is 18.5 Å². The zero-order chi connectivity index (χ0) is 10.4. The summed E-state index contributed by atoms with van der Waals surface area (Å²) in [5, 5.41) is 0. The number of aromatic nitrogens is 1. The van der Waals surface area contributed by atoms with Crippen molar-refractivity contribution in [1.82, 2.24) is 4.98 Å². The second kappa shape index (κ2) is 5.37. The number of ketones is 2. The predicted molar refractivity (Wildman–Crippen MR) is 54.0 cm³/mol. The molecule has 3 heteroatoms. The molecular formula is C11H15NO2. The molecule has 1 heterocycles. The highest BCUT2D eigenvalue weighted by atomic mass is 16.1. The SMILES string of the molecule is CC(=O)CCC(=O)CCc1cc[nH]c1. The summed E-state index contributed by atoms with van der Waals surface area (Å²) in [5.41, 5.74) is 1.14. The summed E-state index contributed by atoms with van der Waals surface area (Å²) in [4.78, 5) is 24.8. The number of hydrogen-bond acceptors (Lipinski definition) is 2. The Kier molecular flexibility index (Phi) is 4.11. The summed E-state index contributed by atoms with van der Waals surface area (Å²) in [6.07, 6.45) is 5.80. The smallest absolute Gasteiger partial charge is 0.133 e. The molecule has 0 fully saturated rings. The fourth-order valence-corrected chi connectivity index (χ4v) is 1.24.